The number of carbonyl (C=O) groups is 1. The van der Waals surface area contributed by atoms with E-state index in [1.165, 1.54) is 57.3 Å². The lowest BCUT2D eigenvalue weighted by Gasteiger charge is -2.33. The van der Waals surface area contributed by atoms with Gasteiger partial charge in [-0.2, -0.15) is 0 Å². The molecule has 0 aliphatic carbocycles. The lowest BCUT2D eigenvalue weighted by molar-refractivity contribution is 0.0682. The van der Waals surface area contributed by atoms with Crippen LogP contribution >= 0.6 is 0 Å². The van der Waals surface area contributed by atoms with E-state index in [9.17, 15) is 4.79 Å². The van der Waals surface area contributed by atoms with Crippen molar-refractivity contribution in [3.05, 3.63) is 35.4 Å². The van der Waals surface area contributed by atoms with Crippen molar-refractivity contribution in [1.29, 1.82) is 0 Å². The number of carbonyl (C=O) groups excluding carboxylic acids is 1. The Balaban J connectivity index is 1.44. The molecular formula is C21H32N2O. The predicted octanol–water partition coefficient (Wildman–Crippen LogP) is 3.98. The van der Waals surface area contributed by atoms with Crippen molar-refractivity contribution in [3.63, 3.8) is 0 Å². The second-order valence-electron chi connectivity index (χ2n) is 7.52. The van der Waals surface area contributed by atoms with E-state index in [0.29, 0.717) is 0 Å². The molecule has 0 saturated carbocycles. The van der Waals surface area contributed by atoms with Gasteiger partial charge >= 0.3 is 0 Å². The van der Waals surface area contributed by atoms with Crippen molar-refractivity contribution in [2.75, 3.05) is 32.7 Å². The molecule has 1 aromatic rings. The van der Waals surface area contributed by atoms with Crippen LogP contribution in [-0.4, -0.2) is 48.4 Å². The molecule has 3 rings (SSSR count). The average molecular weight is 329 g/mol. The minimum Gasteiger partial charge on any atom is -0.339 e. The summed E-state index contributed by atoms with van der Waals surface area (Å²) in [5.74, 6) is 1.03. The predicted molar refractivity (Wildman–Crippen MR) is 99.4 cm³/mol. The van der Waals surface area contributed by atoms with Crippen LogP contribution in [-0.2, 0) is 6.42 Å². The molecule has 132 valence electrons. The summed E-state index contributed by atoms with van der Waals surface area (Å²) in [6.07, 6.45) is 8.66. The van der Waals surface area contributed by atoms with E-state index in [0.717, 1.165) is 37.4 Å². The van der Waals surface area contributed by atoms with Gasteiger partial charge in [0.1, 0.15) is 0 Å². The minimum atomic E-state index is 0.219. The fourth-order valence-electron chi connectivity index (χ4n) is 4.08. The average Bonchev–Trinajstić information content (AvgIpc) is 3.14. The van der Waals surface area contributed by atoms with Crippen LogP contribution in [0.1, 0.15) is 61.4 Å². The maximum Gasteiger partial charge on any atom is 0.253 e. The van der Waals surface area contributed by atoms with Gasteiger partial charge in [0, 0.05) is 18.7 Å². The van der Waals surface area contributed by atoms with Crippen molar-refractivity contribution in [3.8, 4) is 0 Å². The van der Waals surface area contributed by atoms with E-state index in [-0.39, 0.29) is 5.91 Å². The zero-order chi connectivity index (χ0) is 16.8. The second-order valence-corrected chi connectivity index (χ2v) is 7.52. The monoisotopic (exact) mass is 328 g/mol. The van der Waals surface area contributed by atoms with Gasteiger partial charge in [0.05, 0.1) is 0 Å². The number of amides is 1. The van der Waals surface area contributed by atoms with E-state index in [2.05, 4.69) is 28.9 Å². The fraction of sp³-hybridized carbons (Fsp3) is 0.667. The van der Waals surface area contributed by atoms with Crippen LogP contribution in [0.25, 0.3) is 0 Å². The Morgan fingerprint density at radius 2 is 1.71 bits per heavy atom. The summed E-state index contributed by atoms with van der Waals surface area (Å²) < 4.78 is 0. The Morgan fingerprint density at radius 1 is 1.04 bits per heavy atom. The van der Waals surface area contributed by atoms with Gasteiger partial charge in [0.15, 0.2) is 0 Å². The van der Waals surface area contributed by atoms with Gasteiger partial charge in [-0.3, -0.25) is 4.79 Å². The summed E-state index contributed by atoms with van der Waals surface area (Å²) in [5, 5.41) is 0. The number of rotatable bonds is 6. The van der Waals surface area contributed by atoms with Crippen molar-refractivity contribution in [2.24, 2.45) is 5.92 Å². The van der Waals surface area contributed by atoms with E-state index in [4.69, 9.17) is 0 Å². The van der Waals surface area contributed by atoms with Crippen molar-refractivity contribution < 1.29 is 4.79 Å². The molecule has 0 atom stereocenters. The number of benzene rings is 1. The number of hydrogen-bond donors (Lipinski definition) is 0. The molecule has 1 amide bonds. The lowest BCUT2D eigenvalue weighted by Crippen LogP contribution is -2.39. The number of piperidine rings is 1. The van der Waals surface area contributed by atoms with Crippen molar-refractivity contribution in [2.45, 2.75) is 51.9 Å². The molecule has 2 aliphatic heterocycles. The zero-order valence-corrected chi connectivity index (χ0v) is 15.2. The third kappa shape index (κ3) is 4.60. The smallest absolute Gasteiger partial charge is 0.253 e. The van der Waals surface area contributed by atoms with Gasteiger partial charge in [-0.1, -0.05) is 25.5 Å². The summed E-state index contributed by atoms with van der Waals surface area (Å²) in [6.45, 7) is 7.90. The third-order valence-corrected chi connectivity index (χ3v) is 5.69. The first-order chi connectivity index (χ1) is 11.8. The Bertz CT molecular complexity index is 511. The van der Waals surface area contributed by atoms with Crippen LogP contribution in [0.4, 0.5) is 0 Å². The van der Waals surface area contributed by atoms with Crippen molar-refractivity contribution in [1.82, 2.24) is 9.80 Å². The molecule has 2 heterocycles. The normalized spacial score (nSPS) is 19.8. The van der Waals surface area contributed by atoms with Crippen LogP contribution in [0.15, 0.2) is 24.3 Å². The highest BCUT2D eigenvalue weighted by Gasteiger charge is 2.24. The first kappa shape index (κ1) is 17.5. The molecule has 1 aromatic carbocycles. The molecule has 0 spiro atoms. The molecule has 0 N–H and O–H groups in total. The Labute approximate surface area is 147 Å². The van der Waals surface area contributed by atoms with Crippen LogP contribution in [0.5, 0.6) is 0 Å². The Morgan fingerprint density at radius 3 is 2.33 bits per heavy atom. The summed E-state index contributed by atoms with van der Waals surface area (Å²) in [7, 11) is 0. The molecule has 3 nitrogen and oxygen atoms in total. The summed E-state index contributed by atoms with van der Waals surface area (Å²) in [6, 6.07) is 8.23. The summed E-state index contributed by atoms with van der Waals surface area (Å²) in [4.78, 5) is 17.3. The Kier molecular flexibility index (Phi) is 6.30. The zero-order valence-electron chi connectivity index (χ0n) is 15.2. The maximum atomic E-state index is 12.7. The van der Waals surface area contributed by atoms with Crippen LogP contribution < -0.4 is 0 Å². The molecule has 2 saturated heterocycles. The highest BCUT2D eigenvalue weighted by Crippen LogP contribution is 2.23. The minimum absolute atomic E-state index is 0.219. The lowest BCUT2D eigenvalue weighted by atomic mass is 9.93. The number of aryl methyl sites for hydroxylation is 1. The molecule has 0 aromatic heterocycles. The van der Waals surface area contributed by atoms with E-state index in [1.54, 1.807) is 0 Å². The first-order valence-corrected chi connectivity index (χ1v) is 9.87. The Hall–Kier alpha value is -1.35. The van der Waals surface area contributed by atoms with Gasteiger partial charge in [0.25, 0.3) is 5.91 Å². The van der Waals surface area contributed by atoms with Crippen molar-refractivity contribution >= 4 is 5.91 Å². The van der Waals surface area contributed by atoms with Crippen LogP contribution in [0.3, 0.4) is 0 Å². The third-order valence-electron chi connectivity index (χ3n) is 5.69. The molecule has 0 bridgehead atoms. The highest BCUT2D eigenvalue weighted by atomic mass is 16.2. The van der Waals surface area contributed by atoms with E-state index < -0.39 is 0 Å². The quantitative estimate of drug-likeness (QED) is 0.788. The molecule has 3 heteroatoms. The molecule has 24 heavy (non-hydrogen) atoms. The van der Waals surface area contributed by atoms with Gasteiger partial charge < -0.3 is 9.80 Å². The van der Waals surface area contributed by atoms with Gasteiger partial charge in [-0.15, -0.1) is 0 Å². The maximum absolute atomic E-state index is 12.7. The van der Waals surface area contributed by atoms with Crippen LogP contribution in [0.2, 0.25) is 0 Å². The standard InChI is InChI=1S/C21H32N2O/c1-2-5-18-6-8-20(9-7-18)21(24)23-16-11-19(12-17-23)10-15-22-13-3-4-14-22/h6-9,19H,2-5,10-17H2,1H3. The number of likely N-dealkylation sites (tertiary alicyclic amines) is 2. The summed E-state index contributed by atoms with van der Waals surface area (Å²) in [5.41, 5.74) is 2.18. The fourth-order valence-corrected chi connectivity index (χ4v) is 4.08. The number of nitrogens with zero attached hydrogens (tertiary/aromatic N) is 2. The van der Waals surface area contributed by atoms with Gasteiger partial charge in [0.2, 0.25) is 0 Å². The topological polar surface area (TPSA) is 23.6 Å². The molecule has 0 unspecified atom stereocenters. The highest BCUT2D eigenvalue weighted by molar-refractivity contribution is 5.94. The van der Waals surface area contributed by atoms with E-state index >= 15 is 0 Å². The van der Waals surface area contributed by atoms with Gasteiger partial charge in [-0.05, 0) is 81.8 Å². The van der Waals surface area contributed by atoms with E-state index in [1.807, 2.05) is 12.1 Å². The largest absolute Gasteiger partial charge is 0.339 e. The second kappa shape index (κ2) is 8.66. The molecular weight excluding hydrogens is 296 g/mol. The molecule has 2 aliphatic rings. The SMILES string of the molecule is CCCc1ccc(C(=O)N2CCC(CCN3CCCC3)CC2)cc1. The summed E-state index contributed by atoms with van der Waals surface area (Å²) >= 11 is 0. The molecule has 2 fully saturated rings. The van der Waals surface area contributed by atoms with Gasteiger partial charge in [-0.25, -0.2) is 0 Å². The number of hydrogen-bond acceptors (Lipinski definition) is 2. The first-order valence-electron chi connectivity index (χ1n) is 9.87. The van der Waals surface area contributed by atoms with Crippen LogP contribution in [0, 0.1) is 5.92 Å². The molecule has 0 radical (unpaired) electrons.